The van der Waals surface area contributed by atoms with Gasteiger partial charge in [-0.05, 0) is 59.2 Å². The molecule has 0 radical (unpaired) electrons. The van der Waals surface area contributed by atoms with Crippen molar-refractivity contribution in [2.75, 3.05) is 6.54 Å². The second-order valence-corrected chi connectivity index (χ2v) is 6.61. The highest BCUT2D eigenvalue weighted by Crippen LogP contribution is 2.09. The van der Waals surface area contributed by atoms with Gasteiger partial charge in [0.25, 0.3) is 5.91 Å². The smallest absolute Gasteiger partial charge is 0.251 e. The lowest BCUT2D eigenvalue weighted by Gasteiger charge is -2.06. The molecule has 0 saturated carbocycles. The second-order valence-electron chi connectivity index (χ2n) is 5.36. The molecular formula is C16H24INO. The Balaban J connectivity index is 2.09. The maximum absolute atomic E-state index is 11.8. The number of hydrogen-bond donors (Lipinski definition) is 1. The van der Waals surface area contributed by atoms with E-state index in [1.807, 2.05) is 24.3 Å². The van der Waals surface area contributed by atoms with Gasteiger partial charge in [-0.3, -0.25) is 4.79 Å². The van der Waals surface area contributed by atoms with Crippen LogP contribution in [0, 0.1) is 9.49 Å². The van der Waals surface area contributed by atoms with Gasteiger partial charge in [0.15, 0.2) is 0 Å². The molecule has 1 amide bonds. The summed E-state index contributed by atoms with van der Waals surface area (Å²) in [5, 5.41) is 2.98. The van der Waals surface area contributed by atoms with Crippen LogP contribution >= 0.6 is 22.6 Å². The van der Waals surface area contributed by atoms with E-state index in [0.717, 1.165) is 28.0 Å². The molecule has 0 atom stereocenters. The maximum Gasteiger partial charge on any atom is 0.251 e. The first-order valence-corrected chi connectivity index (χ1v) is 8.21. The SMILES string of the molecule is CC(C)CCCCCCNC(=O)c1ccc(I)cc1. The van der Waals surface area contributed by atoms with Gasteiger partial charge in [0.2, 0.25) is 0 Å². The van der Waals surface area contributed by atoms with Gasteiger partial charge in [-0.25, -0.2) is 0 Å². The van der Waals surface area contributed by atoms with E-state index in [4.69, 9.17) is 0 Å². The van der Waals surface area contributed by atoms with Crippen LogP contribution < -0.4 is 5.32 Å². The number of nitrogens with one attached hydrogen (secondary N) is 1. The number of halogens is 1. The average Bonchev–Trinajstić information content (AvgIpc) is 2.38. The fraction of sp³-hybridized carbons (Fsp3) is 0.562. The number of carbonyl (C=O) groups is 1. The summed E-state index contributed by atoms with van der Waals surface area (Å²) in [7, 11) is 0. The van der Waals surface area contributed by atoms with Crippen molar-refractivity contribution < 1.29 is 4.79 Å². The summed E-state index contributed by atoms with van der Waals surface area (Å²) < 4.78 is 1.15. The molecule has 106 valence electrons. The highest BCUT2D eigenvalue weighted by atomic mass is 127. The van der Waals surface area contributed by atoms with E-state index in [1.54, 1.807) is 0 Å². The Morgan fingerprint density at radius 1 is 1.11 bits per heavy atom. The number of rotatable bonds is 8. The molecule has 0 saturated heterocycles. The van der Waals surface area contributed by atoms with Crippen LogP contribution in [-0.4, -0.2) is 12.5 Å². The van der Waals surface area contributed by atoms with E-state index in [9.17, 15) is 4.79 Å². The van der Waals surface area contributed by atoms with Crippen molar-refractivity contribution in [1.29, 1.82) is 0 Å². The maximum atomic E-state index is 11.8. The second kappa shape index (κ2) is 9.34. The molecule has 19 heavy (non-hydrogen) atoms. The molecule has 1 N–H and O–H groups in total. The lowest BCUT2D eigenvalue weighted by molar-refractivity contribution is 0.0953. The third kappa shape index (κ3) is 7.55. The topological polar surface area (TPSA) is 29.1 Å². The van der Waals surface area contributed by atoms with Crippen molar-refractivity contribution in [3.8, 4) is 0 Å². The van der Waals surface area contributed by atoms with Crippen molar-refractivity contribution >= 4 is 28.5 Å². The van der Waals surface area contributed by atoms with Crippen LogP contribution in [0.4, 0.5) is 0 Å². The molecule has 3 heteroatoms. The molecule has 0 heterocycles. The summed E-state index contributed by atoms with van der Waals surface area (Å²) in [4.78, 5) is 11.8. The molecular weight excluding hydrogens is 349 g/mol. The number of hydrogen-bond acceptors (Lipinski definition) is 1. The third-order valence-corrected chi connectivity index (χ3v) is 3.82. The number of unbranched alkanes of at least 4 members (excludes halogenated alkanes) is 3. The molecule has 1 rings (SSSR count). The molecule has 0 aromatic heterocycles. The van der Waals surface area contributed by atoms with Gasteiger partial charge in [-0.1, -0.05) is 39.5 Å². The van der Waals surface area contributed by atoms with E-state index in [2.05, 4.69) is 41.8 Å². The zero-order chi connectivity index (χ0) is 14.1. The van der Waals surface area contributed by atoms with Crippen molar-refractivity contribution in [2.24, 2.45) is 5.92 Å². The van der Waals surface area contributed by atoms with E-state index in [-0.39, 0.29) is 5.91 Å². The predicted octanol–water partition coefficient (Wildman–Crippen LogP) is 4.63. The summed E-state index contributed by atoms with van der Waals surface area (Å²) in [5.41, 5.74) is 0.750. The van der Waals surface area contributed by atoms with Crippen LogP contribution in [0.2, 0.25) is 0 Å². The van der Waals surface area contributed by atoms with Gasteiger partial charge in [0, 0.05) is 15.7 Å². The van der Waals surface area contributed by atoms with Crippen LogP contribution in [0.3, 0.4) is 0 Å². The van der Waals surface area contributed by atoms with Crippen molar-refractivity contribution in [2.45, 2.75) is 46.0 Å². The van der Waals surface area contributed by atoms with E-state index >= 15 is 0 Å². The summed E-state index contributed by atoms with van der Waals surface area (Å²) in [6, 6.07) is 7.67. The fourth-order valence-corrected chi connectivity index (χ4v) is 2.30. The zero-order valence-electron chi connectivity index (χ0n) is 11.9. The van der Waals surface area contributed by atoms with Crippen LogP contribution in [0.25, 0.3) is 0 Å². The van der Waals surface area contributed by atoms with Gasteiger partial charge >= 0.3 is 0 Å². The van der Waals surface area contributed by atoms with Crippen molar-refractivity contribution in [3.05, 3.63) is 33.4 Å². The molecule has 2 nitrogen and oxygen atoms in total. The molecule has 1 aromatic carbocycles. The number of amides is 1. The minimum Gasteiger partial charge on any atom is -0.352 e. The Morgan fingerprint density at radius 2 is 1.74 bits per heavy atom. The summed E-state index contributed by atoms with van der Waals surface area (Å²) in [5.74, 6) is 0.846. The lowest BCUT2D eigenvalue weighted by Crippen LogP contribution is -2.24. The molecule has 0 aliphatic carbocycles. The average molecular weight is 373 g/mol. The third-order valence-electron chi connectivity index (χ3n) is 3.10. The van der Waals surface area contributed by atoms with E-state index in [1.165, 1.54) is 25.7 Å². The minimum absolute atomic E-state index is 0.0404. The van der Waals surface area contributed by atoms with E-state index < -0.39 is 0 Å². The van der Waals surface area contributed by atoms with Crippen molar-refractivity contribution in [1.82, 2.24) is 5.32 Å². The summed E-state index contributed by atoms with van der Waals surface area (Å²) in [6.07, 6.45) is 6.18. The molecule has 1 aromatic rings. The van der Waals surface area contributed by atoms with Gasteiger partial charge in [-0.2, -0.15) is 0 Å². The predicted molar refractivity (Wildman–Crippen MR) is 89.4 cm³/mol. The van der Waals surface area contributed by atoms with Crippen LogP contribution in [-0.2, 0) is 0 Å². The van der Waals surface area contributed by atoms with Gasteiger partial charge < -0.3 is 5.32 Å². The fourth-order valence-electron chi connectivity index (χ4n) is 1.94. The van der Waals surface area contributed by atoms with Crippen LogP contribution in [0.15, 0.2) is 24.3 Å². The van der Waals surface area contributed by atoms with E-state index in [0.29, 0.717) is 0 Å². The summed E-state index contributed by atoms with van der Waals surface area (Å²) >= 11 is 2.24. The Kier molecular flexibility index (Phi) is 8.10. The molecule has 0 unspecified atom stereocenters. The zero-order valence-corrected chi connectivity index (χ0v) is 14.1. The number of benzene rings is 1. The largest absolute Gasteiger partial charge is 0.352 e. The molecule has 0 aliphatic heterocycles. The molecule has 0 fully saturated rings. The first kappa shape index (κ1) is 16.5. The Labute approximate surface area is 130 Å². The molecule has 0 bridgehead atoms. The van der Waals surface area contributed by atoms with Gasteiger partial charge in [0.1, 0.15) is 0 Å². The standard InChI is InChI=1S/C16H24INO/c1-13(2)7-5-3-4-6-12-18-16(19)14-8-10-15(17)11-9-14/h8-11,13H,3-7,12H2,1-2H3,(H,18,19). The quantitative estimate of drug-likeness (QED) is 0.523. The highest BCUT2D eigenvalue weighted by molar-refractivity contribution is 14.1. The van der Waals surface area contributed by atoms with Crippen LogP contribution in [0.1, 0.15) is 56.3 Å². The Hall–Kier alpha value is -0.580. The normalized spacial score (nSPS) is 10.7. The van der Waals surface area contributed by atoms with Gasteiger partial charge in [0.05, 0.1) is 0 Å². The Morgan fingerprint density at radius 3 is 2.37 bits per heavy atom. The first-order valence-electron chi connectivity index (χ1n) is 7.13. The number of carbonyl (C=O) groups excluding carboxylic acids is 1. The summed E-state index contributed by atoms with van der Waals surface area (Å²) in [6.45, 7) is 5.31. The first-order chi connectivity index (χ1) is 9.09. The minimum atomic E-state index is 0.0404. The monoisotopic (exact) mass is 373 g/mol. The van der Waals surface area contributed by atoms with Crippen LogP contribution in [0.5, 0.6) is 0 Å². The highest BCUT2D eigenvalue weighted by Gasteiger charge is 2.03. The molecule has 0 aliphatic rings. The Bertz CT molecular complexity index is 373. The lowest BCUT2D eigenvalue weighted by atomic mass is 10.0. The van der Waals surface area contributed by atoms with Gasteiger partial charge in [-0.15, -0.1) is 0 Å². The molecule has 0 spiro atoms. The van der Waals surface area contributed by atoms with Crippen molar-refractivity contribution in [3.63, 3.8) is 0 Å².